The zero-order valence-electron chi connectivity index (χ0n) is 10.5. The van der Waals surface area contributed by atoms with Crippen molar-refractivity contribution in [1.29, 1.82) is 5.26 Å². The lowest BCUT2D eigenvalue weighted by Gasteiger charge is -2.26. The van der Waals surface area contributed by atoms with Crippen molar-refractivity contribution in [1.82, 2.24) is 0 Å². The van der Waals surface area contributed by atoms with Crippen LogP contribution in [-0.4, -0.2) is 45.7 Å². The van der Waals surface area contributed by atoms with Gasteiger partial charge in [-0.2, -0.15) is 5.26 Å². The fraction of sp³-hybridized carbons (Fsp3) is 0.500. The van der Waals surface area contributed by atoms with Crippen molar-refractivity contribution in [3.8, 4) is 6.07 Å². The maximum Gasteiger partial charge on any atom is 0.280 e. The van der Waals surface area contributed by atoms with Gasteiger partial charge in [0, 0.05) is 0 Å². The molecule has 1 saturated heterocycles. The molecule has 1 aliphatic heterocycles. The van der Waals surface area contributed by atoms with Crippen LogP contribution in [-0.2, 0) is 4.79 Å². The SMILES string of the molecule is C[NH+]1CC[NH+](CC(=O)Nc2sccc2C#N)CC1. The highest BCUT2D eigenvalue weighted by molar-refractivity contribution is 7.14. The van der Waals surface area contributed by atoms with Gasteiger partial charge in [-0.05, 0) is 11.4 Å². The monoisotopic (exact) mass is 266 g/mol. The molecule has 0 spiro atoms. The third-order valence-corrected chi connectivity index (χ3v) is 4.09. The maximum atomic E-state index is 11.9. The first-order valence-corrected chi connectivity index (χ1v) is 6.99. The summed E-state index contributed by atoms with van der Waals surface area (Å²) in [5.74, 6) is 0.00324. The number of nitrogens with one attached hydrogen (secondary N) is 3. The molecule has 0 aromatic carbocycles. The topological polar surface area (TPSA) is 61.8 Å². The number of likely N-dealkylation sites (N-methyl/N-ethyl adjacent to an activating group) is 1. The molecule has 0 aliphatic carbocycles. The Balaban J connectivity index is 1.84. The lowest BCUT2D eigenvalue weighted by molar-refractivity contribution is -0.999. The average molecular weight is 266 g/mol. The van der Waals surface area contributed by atoms with E-state index < -0.39 is 0 Å². The van der Waals surface area contributed by atoms with E-state index in [-0.39, 0.29) is 5.91 Å². The molecule has 6 heteroatoms. The number of piperazine rings is 1. The number of nitriles is 1. The molecule has 1 fully saturated rings. The lowest BCUT2D eigenvalue weighted by Crippen LogP contribution is -3.27. The summed E-state index contributed by atoms with van der Waals surface area (Å²) in [4.78, 5) is 14.7. The Labute approximate surface area is 111 Å². The largest absolute Gasteiger partial charge is 0.328 e. The molecule has 0 radical (unpaired) electrons. The number of anilines is 1. The molecular formula is C12H18N4OS+2. The minimum absolute atomic E-state index is 0.00324. The second kappa shape index (κ2) is 5.96. The second-order valence-corrected chi connectivity index (χ2v) is 5.62. The summed E-state index contributed by atoms with van der Waals surface area (Å²) in [7, 11) is 2.18. The van der Waals surface area contributed by atoms with Gasteiger partial charge in [-0.15, -0.1) is 11.3 Å². The molecular weight excluding hydrogens is 248 g/mol. The van der Waals surface area contributed by atoms with E-state index in [1.807, 2.05) is 5.38 Å². The number of hydrogen-bond donors (Lipinski definition) is 3. The van der Waals surface area contributed by atoms with E-state index in [0.29, 0.717) is 17.1 Å². The third-order valence-electron chi connectivity index (χ3n) is 3.26. The first-order valence-electron chi connectivity index (χ1n) is 6.11. The van der Waals surface area contributed by atoms with Gasteiger partial charge in [0.25, 0.3) is 5.91 Å². The predicted molar refractivity (Wildman–Crippen MR) is 69.8 cm³/mol. The lowest BCUT2D eigenvalue weighted by atomic mass is 10.3. The predicted octanol–water partition coefficient (Wildman–Crippen LogP) is -2.03. The van der Waals surface area contributed by atoms with E-state index in [1.165, 1.54) is 21.1 Å². The van der Waals surface area contributed by atoms with Crippen molar-refractivity contribution in [3.63, 3.8) is 0 Å². The molecule has 2 rings (SSSR count). The van der Waals surface area contributed by atoms with Crippen molar-refractivity contribution in [2.24, 2.45) is 0 Å². The Hall–Kier alpha value is -1.42. The summed E-state index contributed by atoms with van der Waals surface area (Å²) in [5.41, 5.74) is 0.547. The molecule has 18 heavy (non-hydrogen) atoms. The molecule has 1 aliphatic rings. The van der Waals surface area contributed by atoms with Crippen LogP contribution in [0, 0.1) is 11.3 Å². The quantitative estimate of drug-likeness (QED) is 0.591. The summed E-state index contributed by atoms with van der Waals surface area (Å²) in [6.45, 7) is 4.80. The van der Waals surface area contributed by atoms with Crippen LogP contribution < -0.4 is 15.1 Å². The summed E-state index contributed by atoms with van der Waals surface area (Å²) < 4.78 is 0. The fourth-order valence-electron chi connectivity index (χ4n) is 2.10. The maximum absolute atomic E-state index is 11.9. The van der Waals surface area contributed by atoms with E-state index in [9.17, 15) is 4.79 Å². The molecule has 0 bridgehead atoms. The summed E-state index contributed by atoms with van der Waals surface area (Å²) in [6, 6.07) is 3.80. The first kappa shape index (κ1) is 13.0. The Morgan fingerprint density at radius 1 is 1.50 bits per heavy atom. The minimum Gasteiger partial charge on any atom is -0.328 e. The van der Waals surface area contributed by atoms with Crippen LogP contribution in [0.5, 0.6) is 0 Å². The highest BCUT2D eigenvalue weighted by Crippen LogP contribution is 2.21. The minimum atomic E-state index is 0.00324. The molecule has 1 aromatic heterocycles. The number of amides is 1. The van der Waals surface area contributed by atoms with Gasteiger partial charge in [0.15, 0.2) is 6.54 Å². The van der Waals surface area contributed by atoms with E-state index in [2.05, 4.69) is 18.4 Å². The van der Waals surface area contributed by atoms with Gasteiger partial charge < -0.3 is 15.1 Å². The zero-order valence-corrected chi connectivity index (χ0v) is 11.3. The molecule has 1 aromatic rings. The van der Waals surface area contributed by atoms with Gasteiger partial charge >= 0.3 is 0 Å². The van der Waals surface area contributed by atoms with Crippen LogP contribution in [0.15, 0.2) is 11.4 Å². The Bertz CT molecular complexity index is 457. The van der Waals surface area contributed by atoms with Gasteiger partial charge in [-0.1, -0.05) is 0 Å². The van der Waals surface area contributed by atoms with Gasteiger partial charge in [0.2, 0.25) is 0 Å². The van der Waals surface area contributed by atoms with Crippen LogP contribution in [0.2, 0.25) is 0 Å². The fourth-order valence-corrected chi connectivity index (χ4v) is 2.85. The number of hydrogen-bond acceptors (Lipinski definition) is 3. The Kier molecular flexibility index (Phi) is 4.31. The van der Waals surface area contributed by atoms with Crippen molar-refractivity contribution in [2.75, 3.05) is 45.1 Å². The van der Waals surface area contributed by atoms with Gasteiger partial charge in [0.05, 0.1) is 12.6 Å². The van der Waals surface area contributed by atoms with E-state index in [4.69, 9.17) is 5.26 Å². The zero-order chi connectivity index (χ0) is 13.0. The van der Waals surface area contributed by atoms with Gasteiger partial charge in [-0.3, -0.25) is 4.79 Å². The van der Waals surface area contributed by atoms with E-state index in [1.54, 1.807) is 6.07 Å². The normalized spacial score (nSPS) is 23.3. The van der Waals surface area contributed by atoms with Crippen molar-refractivity contribution >= 4 is 22.2 Å². The summed E-state index contributed by atoms with van der Waals surface area (Å²) >= 11 is 1.40. The highest BCUT2D eigenvalue weighted by atomic mass is 32.1. The molecule has 1 amide bonds. The van der Waals surface area contributed by atoms with E-state index in [0.717, 1.165) is 26.2 Å². The Morgan fingerprint density at radius 2 is 2.22 bits per heavy atom. The smallest absolute Gasteiger partial charge is 0.280 e. The molecule has 2 heterocycles. The number of carbonyl (C=O) groups is 1. The highest BCUT2D eigenvalue weighted by Gasteiger charge is 2.22. The molecule has 0 saturated carbocycles. The second-order valence-electron chi connectivity index (χ2n) is 4.71. The molecule has 5 nitrogen and oxygen atoms in total. The average Bonchev–Trinajstić information content (AvgIpc) is 2.79. The first-order chi connectivity index (χ1) is 8.69. The number of quaternary nitrogens is 2. The van der Waals surface area contributed by atoms with Crippen LogP contribution in [0.1, 0.15) is 5.56 Å². The van der Waals surface area contributed by atoms with Crippen molar-refractivity contribution in [3.05, 3.63) is 17.0 Å². The number of thiophene rings is 1. The molecule has 96 valence electrons. The summed E-state index contributed by atoms with van der Waals surface area (Å²) in [5, 5.41) is 14.2. The Morgan fingerprint density at radius 3 is 2.89 bits per heavy atom. The number of carbonyl (C=O) groups excluding carboxylic acids is 1. The number of nitrogens with zero attached hydrogens (tertiary/aromatic N) is 1. The summed E-state index contributed by atoms with van der Waals surface area (Å²) in [6.07, 6.45) is 0. The molecule has 3 N–H and O–H groups in total. The van der Waals surface area contributed by atoms with Crippen LogP contribution in [0.3, 0.4) is 0 Å². The van der Waals surface area contributed by atoms with Crippen LogP contribution >= 0.6 is 11.3 Å². The van der Waals surface area contributed by atoms with Crippen LogP contribution in [0.4, 0.5) is 5.00 Å². The van der Waals surface area contributed by atoms with Crippen molar-refractivity contribution < 1.29 is 14.6 Å². The van der Waals surface area contributed by atoms with Gasteiger partial charge in [-0.25, -0.2) is 0 Å². The van der Waals surface area contributed by atoms with Crippen LogP contribution in [0.25, 0.3) is 0 Å². The standard InChI is InChI=1S/C12H16N4OS/c1-15-3-5-16(6-4-15)9-11(17)14-12-10(8-13)2-7-18-12/h2,7H,3-6,9H2,1H3,(H,14,17)/p+2. The van der Waals surface area contributed by atoms with E-state index >= 15 is 0 Å². The van der Waals surface area contributed by atoms with Crippen molar-refractivity contribution in [2.45, 2.75) is 0 Å². The number of rotatable bonds is 3. The molecule has 0 atom stereocenters. The van der Waals surface area contributed by atoms with Gasteiger partial charge in [0.1, 0.15) is 37.2 Å². The third kappa shape index (κ3) is 3.29. The molecule has 0 unspecified atom stereocenters.